The fraction of sp³-hybridized carbons (Fsp3) is 0.250. The van der Waals surface area contributed by atoms with Crippen molar-refractivity contribution in [3.8, 4) is 0 Å². The van der Waals surface area contributed by atoms with Crippen molar-refractivity contribution in [2.24, 2.45) is 5.73 Å². The van der Waals surface area contributed by atoms with Crippen molar-refractivity contribution in [3.63, 3.8) is 0 Å². The molecule has 3 N–H and O–H groups in total. The first-order valence-electron chi connectivity index (χ1n) is 3.85. The summed E-state index contributed by atoms with van der Waals surface area (Å²) < 4.78 is 5.32. The molecule has 0 saturated carbocycles. The molecular weight excluding hydrogens is 252 g/mol. The highest BCUT2D eigenvalue weighted by atomic mass is 79.9. The second kappa shape index (κ2) is 4.28. The van der Waals surface area contributed by atoms with Gasteiger partial charge < -0.3 is 15.5 Å². The molecule has 0 aliphatic rings. The predicted octanol–water partition coefficient (Wildman–Crippen LogP) is 0.646. The molecule has 0 aromatic carbocycles. The van der Waals surface area contributed by atoms with Crippen LogP contribution in [-0.2, 0) is 4.79 Å². The van der Waals surface area contributed by atoms with Crippen LogP contribution < -0.4 is 11.1 Å². The van der Waals surface area contributed by atoms with Crippen molar-refractivity contribution in [1.82, 2.24) is 5.32 Å². The molecular formula is C8H9BrN2O3. The van der Waals surface area contributed by atoms with Crippen LogP contribution in [-0.4, -0.2) is 17.9 Å². The van der Waals surface area contributed by atoms with Gasteiger partial charge in [0.25, 0.3) is 5.91 Å². The van der Waals surface area contributed by atoms with Crippen LogP contribution in [0.15, 0.2) is 21.4 Å². The molecule has 5 nitrogen and oxygen atoms in total. The fourth-order valence-corrected chi connectivity index (χ4v) is 1.12. The van der Waals surface area contributed by atoms with Gasteiger partial charge in [-0.1, -0.05) is 0 Å². The molecule has 0 saturated heterocycles. The third kappa shape index (κ3) is 2.59. The van der Waals surface area contributed by atoms with E-state index in [4.69, 9.17) is 10.2 Å². The molecule has 0 bridgehead atoms. The standard InChI is InChI=1S/C8H9BrN2O3/c1-4(7(10)12)11-8(13)5-2-6(9)14-3-5/h2-4H,1H3,(H2,10,12)(H,11,13). The van der Waals surface area contributed by atoms with Gasteiger partial charge in [-0.2, -0.15) is 0 Å². The number of hydrogen-bond donors (Lipinski definition) is 2. The topological polar surface area (TPSA) is 85.3 Å². The van der Waals surface area contributed by atoms with E-state index in [0.29, 0.717) is 10.2 Å². The van der Waals surface area contributed by atoms with Gasteiger partial charge in [0, 0.05) is 6.07 Å². The molecule has 0 spiro atoms. The Morgan fingerprint density at radius 1 is 1.64 bits per heavy atom. The Hall–Kier alpha value is -1.30. The minimum absolute atomic E-state index is 0.338. The molecule has 2 amide bonds. The van der Waals surface area contributed by atoms with Gasteiger partial charge in [-0.3, -0.25) is 9.59 Å². The Balaban J connectivity index is 2.63. The van der Waals surface area contributed by atoms with Crippen LogP contribution in [0.3, 0.4) is 0 Å². The lowest BCUT2D eigenvalue weighted by atomic mass is 10.2. The Kier molecular flexibility index (Phi) is 3.29. The molecule has 1 rings (SSSR count). The second-order valence-corrected chi connectivity index (χ2v) is 3.52. The number of nitrogens with one attached hydrogen (secondary N) is 1. The monoisotopic (exact) mass is 260 g/mol. The summed E-state index contributed by atoms with van der Waals surface area (Å²) in [5, 5.41) is 2.41. The largest absolute Gasteiger partial charge is 0.457 e. The van der Waals surface area contributed by atoms with E-state index in [2.05, 4.69) is 21.2 Å². The molecule has 6 heteroatoms. The Labute approximate surface area is 88.8 Å². The maximum atomic E-state index is 11.4. The van der Waals surface area contributed by atoms with E-state index in [1.165, 1.54) is 19.3 Å². The van der Waals surface area contributed by atoms with Crippen molar-refractivity contribution in [2.45, 2.75) is 13.0 Å². The zero-order chi connectivity index (χ0) is 10.7. The lowest BCUT2D eigenvalue weighted by Crippen LogP contribution is -2.42. The quantitative estimate of drug-likeness (QED) is 0.837. The summed E-state index contributed by atoms with van der Waals surface area (Å²) in [7, 11) is 0. The van der Waals surface area contributed by atoms with Gasteiger partial charge in [0.2, 0.25) is 5.91 Å². The molecule has 0 aliphatic carbocycles. The zero-order valence-corrected chi connectivity index (χ0v) is 9.00. The van der Waals surface area contributed by atoms with Gasteiger partial charge in [-0.25, -0.2) is 0 Å². The van der Waals surface area contributed by atoms with Crippen LogP contribution in [0.25, 0.3) is 0 Å². The van der Waals surface area contributed by atoms with Crippen LogP contribution in [0.1, 0.15) is 17.3 Å². The lowest BCUT2D eigenvalue weighted by molar-refractivity contribution is -0.119. The Bertz CT molecular complexity index is 361. The van der Waals surface area contributed by atoms with E-state index in [1.807, 2.05) is 0 Å². The van der Waals surface area contributed by atoms with Gasteiger partial charge in [0.05, 0.1) is 5.56 Å². The molecule has 0 aliphatic heterocycles. The van der Waals surface area contributed by atoms with Crippen molar-refractivity contribution in [1.29, 1.82) is 0 Å². The number of halogens is 1. The maximum Gasteiger partial charge on any atom is 0.255 e. The second-order valence-electron chi connectivity index (χ2n) is 2.74. The summed E-state index contributed by atoms with van der Waals surface area (Å²) in [6.07, 6.45) is 1.28. The third-order valence-electron chi connectivity index (χ3n) is 1.60. The molecule has 1 aromatic heterocycles. The van der Waals surface area contributed by atoms with Crippen molar-refractivity contribution >= 4 is 27.7 Å². The van der Waals surface area contributed by atoms with E-state index >= 15 is 0 Å². The number of hydrogen-bond acceptors (Lipinski definition) is 3. The number of carbonyl (C=O) groups is 2. The van der Waals surface area contributed by atoms with Crippen LogP contribution in [0.2, 0.25) is 0 Å². The Morgan fingerprint density at radius 2 is 2.29 bits per heavy atom. The number of nitrogens with two attached hydrogens (primary N) is 1. The number of rotatable bonds is 3. The van der Waals surface area contributed by atoms with Crippen molar-refractivity contribution in [3.05, 3.63) is 22.6 Å². The fourth-order valence-electron chi connectivity index (χ4n) is 0.780. The molecule has 1 aromatic rings. The van der Waals surface area contributed by atoms with Gasteiger partial charge in [0.1, 0.15) is 12.3 Å². The van der Waals surface area contributed by atoms with Crippen LogP contribution >= 0.6 is 15.9 Å². The molecule has 0 fully saturated rings. The SMILES string of the molecule is CC(NC(=O)c1coc(Br)c1)C(N)=O. The minimum Gasteiger partial charge on any atom is -0.457 e. The summed E-state index contributed by atoms with van der Waals surface area (Å²) in [6.45, 7) is 1.51. The normalized spacial score (nSPS) is 12.1. The first kappa shape index (κ1) is 10.8. The summed E-state index contributed by atoms with van der Waals surface area (Å²) in [6, 6.07) is 0.805. The van der Waals surface area contributed by atoms with E-state index < -0.39 is 17.9 Å². The third-order valence-corrected chi connectivity index (χ3v) is 2.02. The summed E-state index contributed by atoms with van der Waals surface area (Å²) in [5.41, 5.74) is 5.32. The van der Waals surface area contributed by atoms with E-state index in [9.17, 15) is 9.59 Å². The van der Waals surface area contributed by atoms with Gasteiger partial charge in [-0.05, 0) is 22.9 Å². The summed E-state index contributed by atoms with van der Waals surface area (Å²) in [4.78, 5) is 22.0. The first-order chi connectivity index (χ1) is 6.50. The molecule has 0 radical (unpaired) electrons. The first-order valence-corrected chi connectivity index (χ1v) is 4.64. The minimum atomic E-state index is -0.698. The highest BCUT2D eigenvalue weighted by Crippen LogP contribution is 2.13. The number of carbonyl (C=O) groups excluding carboxylic acids is 2. The van der Waals surface area contributed by atoms with Crippen molar-refractivity contribution < 1.29 is 14.0 Å². The number of primary amides is 1. The predicted molar refractivity (Wildman–Crippen MR) is 52.5 cm³/mol. The number of furan rings is 1. The average molecular weight is 261 g/mol. The van der Waals surface area contributed by atoms with E-state index in [1.54, 1.807) is 0 Å². The molecule has 76 valence electrons. The van der Waals surface area contributed by atoms with Crippen LogP contribution in [0.5, 0.6) is 0 Å². The van der Waals surface area contributed by atoms with Gasteiger partial charge >= 0.3 is 0 Å². The summed E-state index contributed by atoms with van der Waals surface area (Å²) >= 11 is 3.06. The highest BCUT2D eigenvalue weighted by Gasteiger charge is 2.15. The maximum absolute atomic E-state index is 11.4. The van der Waals surface area contributed by atoms with E-state index in [0.717, 1.165) is 0 Å². The molecule has 14 heavy (non-hydrogen) atoms. The average Bonchev–Trinajstić information content (AvgIpc) is 2.51. The van der Waals surface area contributed by atoms with Crippen molar-refractivity contribution in [2.75, 3.05) is 0 Å². The number of amides is 2. The molecule has 1 unspecified atom stereocenters. The summed E-state index contributed by atoms with van der Waals surface area (Å²) in [5.74, 6) is -0.980. The Morgan fingerprint density at radius 3 is 2.71 bits per heavy atom. The molecule has 1 atom stereocenters. The molecule has 1 heterocycles. The van der Waals surface area contributed by atoms with Crippen LogP contribution in [0, 0.1) is 0 Å². The highest BCUT2D eigenvalue weighted by molar-refractivity contribution is 9.10. The zero-order valence-electron chi connectivity index (χ0n) is 7.41. The van der Waals surface area contributed by atoms with E-state index in [-0.39, 0.29) is 0 Å². The smallest absolute Gasteiger partial charge is 0.255 e. The lowest BCUT2D eigenvalue weighted by Gasteiger charge is -2.07. The van der Waals surface area contributed by atoms with Crippen LogP contribution in [0.4, 0.5) is 0 Å². The van der Waals surface area contributed by atoms with Gasteiger partial charge in [0.15, 0.2) is 4.67 Å². The van der Waals surface area contributed by atoms with Gasteiger partial charge in [-0.15, -0.1) is 0 Å².